The largest absolute Gasteiger partial charge is 0.372 e. The zero-order chi connectivity index (χ0) is 24.2. The van der Waals surface area contributed by atoms with Crippen molar-refractivity contribution in [2.75, 3.05) is 18.0 Å². The molecule has 0 spiro atoms. The van der Waals surface area contributed by atoms with Gasteiger partial charge in [-0.25, -0.2) is 5.43 Å². The number of thiophene rings is 1. The Morgan fingerprint density at radius 1 is 0.941 bits per heavy atom. The van der Waals surface area contributed by atoms with Crippen LogP contribution in [0.5, 0.6) is 0 Å². The molecule has 0 saturated carbocycles. The van der Waals surface area contributed by atoms with E-state index in [9.17, 15) is 9.59 Å². The summed E-state index contributed by atoms with van der Waals surface area (Å²) < 4.78 is 0. The summed E-state index contributed by atoms with van der Waals surface area (Å²) in [5, 5.41) is 8.70. The predicted molar refractivity (Wildman–Crippen MR) is 141 cm³/mol. The normalized spacial score (nSPS) is 11.4. The van der Waals surface area contributed by atoms with Crippen LogP contribution in [0.3, 0.4) is 0 Å². The van der Waals surface area contributed by atoms with E-state index < -0.39 is 5.91 Å². The van der Waals surface area contributed by atoms with Gasteiger partial charge >= 0.3 is 0 Å². The Bertz CT molecular complexity index is 1100. The molecular weight excluding hydrogens is 444 g/mol. The number of hydrazone groups is 1. The monoisotopic (exact) mass is 474 g/mol. The summed E-state index contributed by atoms with van der Waals surface area (Å²) in [5.74, 6) is -0.857. The van der Waals surface area contributed by atoms with Crippen LogP contribution < -0.4 is 15.6 Å². The minimum Gasteiger partial charge on any atom is -0.372 e. The van der Waals surface area contributed by atoms with E-state index in [1.807, 2.05) is 35.7 Å². The second kappa shape index (κ2) is 13.1. The summed E-state index contributed by atoms with van der Waals surface area (Å²) in [5.41, 5.74) is 5.16. The number of carbonyl (C=O) groups excluding carboxylic acids is 2. The summed E-state index contributed by atoms with van der Waals surface area (Å²) in [4.78, 5) is 28.6. The third kappa shape index (κ3) is 7.42. The number of nitrogens with one attached hydrogen (secondary N) is 2. The lowest BCUT2D eigenvalue weighted by atomic mass is 10.2. The van der Waals surface area contributed by atoms with Gasteiger partial charge in [0, 0.05) is 29.2 Å². The second-order valence-corrected chi connectivity index (χ2v) is 8.65. The van der Waals surface area contributed by atoms with Crippen molar-refractivity contribution < 1.29 is 9.59 Å². The molecule has 1 aromatic heterocycles. The van der Waals surface area contributed by atoms with Crippen LogP contribution in [0.4, 0.5) is 5.69 Å². The Hall–Kier alpha value is -3.71. The van der Waals surface area contributed by atoms with Gasteiger partial charge in [-0.2, -0.15) is 5.10 Å². The Kier molecular flexibility index (Phi) is 9.61. The number of rotatable bonds is 11. The Balaban J connectivity index is 1.67. The highest BCUT2D eigenvalue weighted by atomic mass is 32.1. The molecule has 0 unspecified atom stereocenters. The molecule has 0 atom stereocenters. The fourth-order valence-electron chi connectivity index (χ4n) is 3.36. The maximum atomic E-state index is 12.8. The van der Waals surface area contributed by atoms with Crippen LogP contribution in [-0.4, -0.2) is 31.1 Å². The van der Waals surface area contributed by atoms with Gasteiger partial charge in [-0.05, 0) is 60.2 Å². The van der Waals surface area contributed by atoms with E-state index in [0.717, 1.165) is 36.4 Å². The molecule has 1 heterocycles. The van der Waals surface area contributed by atoms with Gasteiger partial charge in [-0.3, -0.25) is 9.59 Å². The molecule has 0 aliphatic carbocycles. The van der Waals surface area contributed by atoms with Crippen molar-refractivity contribution in [3.8, 4) is 0 Å². The first kappa shape index (κ1) is 24.9. The quantitative estimate of drug-likeness (QED) is 0.225. The second-order valence-electron chi connectivity index (χ2n) is 7.67. The topological polar surface area (TPSA) is 73.8 Å². The van der Waals surface area contributed by atoms with Crippen LogP contribution in [0.1, 0.15) is 47.5 Å². The molecule has 2 amide bonds. The average Bonchev–Trinajstić information content (AvgIpc) is 3.37. The Morgan fingerprint density at radius 3 is 2.26 bits per heavy atom. The summed E-state index contributed by atoms with van der Waals surface area (Å²) in [6.45, 7) is 6.39. The SMILES string of the molecule is CCCN(CCC)c1ccc(/C=N\NC(=O)/C(=C\c2cccs2)NC(=O)c2ccccc2)cc1. The van der Waals surface area contributed by atoms with Gasteiger partial charge in [-0.15, -0.1) is 11.3 Å². The molecule has 0 fully saturated rings. The van der Waals surface area contributed by atoms with Gasteiger partial charge in [0.15, 0.2) is 0 Å². The molecule has 2 N–H and O–H groups in total. The Morgan fingerprint density at radius 2 is 1.65 bits per heavy atom. The first-order valence-corrected chi connectivity index (χ1v) is 12.3. The molecule has 3 rings (SSSR count). The molecule has 2 aromatic carbocycles. The summed E-state index contributed by atoms with van der Waals surface area (Å²) in [7, 11) is 0. The fourth-order valence-corrected chi connectivity index (χ4v) is 4.02. The van der Waals surface area contributed by atoms with Crippen LogP contribution in [-0.2, 0) is 4.79 Å². The zero-order valence-corrected chi connectivity index (χ0v) is 20.3. The molecular formula is C27H30N4O2S. The lowest BCUT2D eigenvalue weighted by Gasteiger charge is -2.23. The number of hydrogen-bond donors (Lipinski definition) is 2. The van der Waals surface area contributed by atoms with Crippen molar-refractivity contribution in [3.05, 3.63) is 93.8 Å². The number of hydrogen-bond acceptors (Lipinski definition) is 5. The van der Waals surface area contributed by atoms with Crippen LogP contribution in [0.25, 0.3) is 6.08 Å². The van der Waals surface area contributed by atoms with Gasteiger partial charge in [0.25, 0.3) is 11.8 Å². The van der Waals surface area contributed by atoms with Crippen molar-refractivity contribution in [2.45, 2.75) is 26.7 Å². The third-order valence-corrected chi connectivity index (χ3v) is 5.80. The molecule has 3 aromatic rings. The van der Waals surface area contributed by atoms with Crippen molar-refractivity contribution in [2.24, 2.45) is 5.10 Å². The minimum atomic E-state index is -0.498. The molecule has 0 aliphatic rings. The number of nitrogens with zero attached hydrogens (tertiary/aromatic N) is 2. The molecule has 7 heteroatoms. The van der Waals surface area contributed by atoms with E-state index in [-0.39, 0.29) is 11.6 Å². The van der Waals surface area contributed by atoms with Crippen LogP contribution in [0.15, 0.2) is 82.9 Å². The lowest BCUT2D eigenvalue weighted by Crippen LogP contribution is -2.32. The van der Waals surface area contributed by atoms with E-state index in [4.69, 9.17) is 0 Å². The number of benzene rings is 2. The number of anilines is 1. The molecule has 0 saturated heterocycles. The molecule has 0 radical (unpaired) electrons. The first-order valence-electron chi connectivity index (χ1n) is 11.4. The van der Waals surface area contributed by atoms with Crippen molar-refractivity contribution >= 4 is 41.1 Å². The van der Waals surface area contributed by atoms with E-state index in [1.165, 1.54) is 17.0 Å². The van der Waals surface area contributed by atoms with Gasteiger partial charge in [0.2, 0.25) is 0 Å². The average molecular weight is 475 g/mol. The van der Waals surface area contributed by atoms with Gasteiger partial charge in [0.1, 0.15) is 5.70 Å². The number of carbonyl (C=O) groups is 2. The predicted octanol–water partition coefficient (Wildman–Crippen LogP) is 5.30. The smallest absolute Gasteiger partial charge is 0.287 e. The first-order chi connectivity index (χ1) is 16.6. The summed E-state index contributed by atoms with van der Waals surface area (Å²) in [6.07, 6.45) is 5.42. The molecule has 0 bridgehead atoms. The van der Waals surface area contributed by atoms with E-state index in [2.05, 4.69) is 46.7 Å². The molecule has 0 aliphatic heterocycles. The zero-order valence-electron chi connectivity index (χ0n) is 19.5. The maximum absolute atomic E-state index is 12.8. The van der Waals surface area contributed by atoms with Crippen molar-refractivity contribution in [1.29, 1.82) is 0 Å². The van der Waals surface area contributed by atoms with Crippen molar-refractivity contribution in [3.63, 3.8) is 0 Å². The van der Waals surface area contributed by atoms with Crippen LogP contribution in [0, 0.1) is 0 Å². The lowest BCUT2D eigenvalue weighted by molar-refractivity contribution is -0.117. The fraction of sp³-hybridized carbons (Fsp3) is 0.222. The third-order valence-electron chi connectivity index (χ3n) is 4.98. The molecule has 6 nitrogen and oxygen atoms in total. The Labute approximate surface area is 205 Å². The standard InChI is InChI=1S/C27H30N4O2S/c1-3-16-31(17-4-2)23-14-12-21(13-15-23)20-28-30-27(33)25(19-24-11-8-18-34-24)29-26(32)22-9-6-5-7-10-22/h5-15,18-20H,3-4,16-17H2,1-2H3,(H,29,32)(H,30,33)/b25-19+,28-20-. The molecule has 34 heavy (non-hydrogen) atoms. The minimum absolute atomic E-state index is 0.124. The summed E-state index contributed by atoms with van der Waals surface area (Å²) >= 11 is 1.47. The number of amides is 2. The maximum Gasteiger partial charge on any atom is 0.287 e. The summed E-state index contributed by atoms with van der Waals surface area (Å²) in [6, 6.07) is 20.6. The van der Waals surface area contributed by atoms with Crippen LogP contribution in [0.2, 0.25) is 0 Å². The van der Waals surface area contributed by atoms with Gasteiger partial charge in [0.05, 0.1) is 6.21 Å². The highest BCUT2D eigenvalue weighted by Gasteiger charge is 2.14. The highest BCUT2D eigenvalue weighted by molar-refractivity contribution is 7.10. The van der Waals surface area contributed by atoms with Crippen LogP contribution >= 0.6 is 11.3 Å². The van der Waals surface area contributed by atoms with Crippen molar-refractivity contribution in [1.82, 2.24) is 10.7 Å². The van der Waals surface area contributed by atoms with E-state index >= 15 is 0 Å². The van der Waals surface area contributed by atoms with Gasteiger partial charge < -0.3 is 10.2 Å². The highest BCUT2D eigenvalue weighted by Crippen LogP contribution is 2.16. The van der Waals surface area contributed by atoms with E-state index in [0.29, 0.717) is 5.56 Å². The molecule has 176 valence electrons. The van der Waals surface area contributed by atoms with E-state index in [1.54, 1.807) is 36.6 Å². The van der Waals surface area contributed by atoms with Gasteiger partial charge in [-0.1, -0.05) is 50.2 Å².